The Morgan fingerprint density at radius 2 is 1.94 bits per heavy atom. The number of benzene rings is 1. The summed E-state index contributed by atoms with van der Waals surface area (Å²) >= 11 is 0. The third-order valence-electron chi connectivity index (χ3n) is 5.56. The molecular weight excluding hydrogens is 390 g/mol. The summed E-state index contributed by atoms with van der Waals surface area (Å²) in [7, 11) is 1.63. The zero-order valence-electron chi connectivity index (χ0n) is 17.0. The topological polar surface area (TPSA) is 118 Å². The van der Waals surface area contributed by atoms with E-state index in [-0.39, 0.29) is 0 Å². The highest BCUT2D eigenvalue weighted by atomic mass is 16.5. The molecule has 8 nitrogen and oxygen atoms in total. The van der Waals surface area contributed by atoms with Crippen molar-refractivity contribution in [3.63, 3.8) is 0 Å². The lowest BCUT2D eigenvalue weighted by molar-refractivity contribution is 0.418. The van der Waals surface area contributed by atoms with Gasteiger partial charge in [-0.2, -0.15) is 5.26 Å². The minimum absolute atomic E-state index is 0.302. The molecule has 4 aromatic rings. The average Bonchev–Trinajstić information content (AvgIpc) is 3.54. The van der Waals surface area contributed by atoms with Crippen LogP contribution in [0.5, 0.6) is 5.75 Å². The number of nitrogens with zero attached hydrogens (tertiary/aromatic N) is 5. The molecule has 1 aromatic carbocycles. The minimum atomic E-state index is 0.302. The van der Waals surface area contributed by atoms with Gasteiger partial charge in [0.25, 0.3) is 0 Å². The molecule has 3 heterocycles. The second-order valence-corrected chi connectivity index (χ2v) is 7.59. The van der Waals surface area contributed by atoms with E-state index in [9.17, 15) is 0 Å². The van der Waals surface area contributed by atoms with Gasteiger partial charge in [-0.1, -0.05) is 12.1 Å². The van der Waals surface area contributed by atoms with Crippen LogP contribution in [0, 0.1) is 11.3 Å². The quantitative estimate of drug-likeness (QED) is 0.382. The zero-order valence-corrected chi connectivity index (χ0v) is 17.0. The van der Waals surface area contributed by atoms with Crippen molar-refractivity contribution in [1.29, 1.82) is 5.26 Å². The van der Waals surface area contributed by atoms with Gasteiger partial charge in [-0.25, -0.2) is 15.8 Å². The SMILES string of the molecule is COc1cc(-c2ccc(C#N)cc2)c(-c2cnc(N(N)C3CC3)c(N)c2)n2cncc12. The molecule has 0 unspecified atom stereocenters. The molecule has 1 aliphatic carbocycles. The van der Waals surface area contributed by atoms with Crippen molar-refractivity contribution in [2.75, 3.05) is 17.9 Å². The summed E-state index contributed by atoms with van der Waals surface area (Å²) < 4.78 is 7.58. The van der Waals surface area contributed by atoms with Crippen molar-refractivity contribution in [1.82, 2.24) is 14.4 Å². The first kappa shape index (κ1) is 18.9. The van der Waals surface area contributed by atoms with Gasteiger partial charge in [-0.3, -0.25) is 9.41 Å². The van der Waals surface area contributed by atoms with Crippen LogP contribution in [0.25, 0.3) is 27.9 Å². The van der Waals surface area contributed by atoms with Gasteiger partial charge < -0.3 is 10.5 Å². The number of nitrogen functional groups attached to an aromatic ring is 1. The van der Waals surface area contributed by atoms with Gasteiger partial charge in [0.1, 0.15) is 11.3 Å². The molecule has 0 atom stereocenters. The number of rotatable bonds is 5. The molecule has 31 heavy (non-hydrogen) atoms. The van der Waals surface area contributed by atoms with E-state index in [0.717, 1.165) is 40.7 Å². The fourth-order valence-corrected chi connectivity index (χ4v) is 3.81. The summed E-state index contributed by atoms with van der Waals surface area (Å²) in [5.41, 5.74) is 11.8. The number of hydrogen-bond acceptors (Lipinski definition) is 7. The molecule has 0 spiro atoms. The van der Waals surface area contributed by atoms with Crippen LogP contribution in [0.3, 0.4) is 0 Å². The number of hydrazine groups is 1. The van der Waals surface area contributed by atoms with Crippen LogP contribution < -0.4 is 21.3 Å². The van der Waals surface area contributed by atoms with Crippen molar-refractivity contribution in [3.8, 4) is 34.2 Å². The Bertz CT molecular complexity index is 1320. The van der Waals surface area contributed by atoms with Crippen LogP contribution in [0.4, 0.5) is 11.5 Å². The molecule has 0 saturated heterocycles. The number of anilines is 2. The van der Waals surface area contributed by atoms with Gasteiger partial charge in [0.2, 0.25) is 0 Å². The standard InChI is InChI=1S/C23H21N7O/c1-31-21-9-18(15-4-2-14(10-24)3-5-15)22(29-13-27-12-20(21)29)16-8-19(25)23(28-11-16)30(26)17-6-7-17/h2-5,8-9,11-13,17H,6-7,25-26H2,1H3. The summed E-state index contributed by atoms with van der Waals surface area (Å²) in [4.78, 5) is 8.90. The molecule has 1 saturated carbocycles. The minimum Gasteiger partial charge on any atom is -0.494 e. The highest BCUT2D eigenvalue weighted by Crippen LogP contribution is 2.39. The fraction of sp³-hybridized carbons (Fsp3) is 0.174. The maximum absolute atomic E-state index is 9.15. The molecule has 1 aliphatic rings. The van der Waals surface area contributed by atoms with Crippen LogP contribution in [0.15, 0.2) is 55.1 Å². The molecule has 3 aromatic heterocycles. The number of aromatic nitrogens is 3. The normalized spacial score (nSPS) is 13.2. The molecule has 1 fully saturated rings. The Balaban J connectivity index is 1.72. The second-order valence-electron chi connectivity index (χ2n) is 7.59. The molecule has 8 heteroatoms. The lowest BCUT2D eigenvalue weighted by Crippen LogP contribution is -2.34. The van der Waals surface area contributed by atoms with E-state index in [0.29, 0.717) is 28.9 Å². The van der Waals surface area contributed by atoms with E-state index in [4.69, 9.17) is 21.6 Å². The molecule has 0 aliphatic heterocycles. The number of ether oxygens (including phenoxy) is 1. The molecule has 154 valence electrons. The molecule has 0 bridgehead atoms. The first-order valence-corrected chi connectivity index (χ1v) is 9.94. The van der Waals surface area contributed by atoms with Gasteiger partial charge in [0.15, 0.2) is 5.82 Å². The Hall–Kier alpha value is -4.09. The van der Waals surface area contributed by atoms with E-state index in [1.807, 2.05) is 28.7 Å². The van der Waals surface area contributed by atoms with Crippen LogP contribution in [0.2, 0.25) is 0 Å². The second kappa shape index (κ2) is 7.31. The van der Waals surface area contributed by atoms with E-state index < -0.39 is 0 Å². The number of fused-ring (bicyclic) bond motifs is 1. The van der Waals surface area contributed by atoms with Crippen molar-refractivity contribution >= 4 is 17.0 Å². The van der Waals surface area contributed by atoms with Crippen LogP contribution >= 0.6 is 0 Å². The molecule has 0 amide bonds. The van der Waals surface area contributed by atoms with Gasteiger partial charge >= 0.3 is 0 Å². The number of hydrogen-bond donors (Lipinski definition) is 2. The summed E-state index contributed by atoms with van der Waals surface area (Å²) in [6.45, 7) is 0. The Morgan fingerprint density at radius 1 is 1.16 bits per heavy atom. The summed E-state index contributed by atoms with van der Waals surface area (Å²) in [6, 6.07) is 13.7. The van der Waals surface area contributed by atoms with E-state index in [2.05, 4.69) is 16.0 Å². The molecule has 5 rings (SSSR count). The third-order valence-corrected chi connectivity index (χ3v) is 5.56. The van der Waals surface area contributed by atoms with E-state index in [1.165, 1.54) is 0 Å². The highest BCUT2D eigenvalue weighted by molar-refractivity contribution is 5.87. The maximum atomic E-state index is 9.15. The van der Waals surface area contributed by atoms with Gasteiger partial charge in [0.05, 0.1) is 42.6 Å². The fourth-order valence-electron chi connectivity index (χ4n) is 3.81. The van der Waals surface area contributed by atoms with Crippen LogP contribution in [-0.4, -0.2) is 27.5 Å². The number of pyridine rings is 2. The molecule has 4 N–H and O–H groups in total. The summed E-state index contributed by atoms with van der Waals surface area (Å²) in [5.74, 6) is 7.46. The van der Waals surface area contributed by atoms with Crippen molar-refractivity contribution < 1.29 is 4.74 Å². The van der Waals surface area contributed by atoms with Gasteiger partial charge in [-0.05, 0) is 42.7 Å². The van der Waals surface area contributed by atoms with Crippen molar-refractivity contribution in [2.24, 2.45) is 5.84 Å². The monoisotopic (exact) mass is 411 g/mol. The van der Waals surface area contributed by atoms with E-state index in [1.54, 1.807) is 43.0 Å². The maximum Gasteiger partial charge on any atom is 0.166 e. The zero-order chi connectivity index (χ0) is 21.5. The Morgan fingerprint density at radius 3 is 2.58 bits per heavy atom. The first-order valence-electron chi connectivity index (χ1n) is 9.94. The number of imidazole rings is 1. The number of nitriles is 1. The summed E-state index contributed by atoms with van der Waals surface area (Å²) in [5, 5.41) is 10.8. The first-order chi connectivity index (χ1) is 15.1. The largest absolute Gasteiger partial charge is 0.494 e. The van der Waals surface area contributed by atoms with Crippen molar-refractivity contribution in [2.45, 2.75) is 18.9 Å². The predicted octanol–water partition coefficient (Wildman–Crippen LogP) is 3.37. The predicted molar refractivity (Wildman–Crippen MR) is 119 cm³/mol. The number of nitrogens with two attached hydrogens (primary N) is 2. The lowest BCUT2D eigenvalue weighted by atomic mass is 9.98. The summed E-state index contributed by atoms with van der Waals surface area (Å²) in [6.07, 6.45) is 7.38. The number of methoxy groups -OCH3 is 1. The highest BCUT2D eigenvalue weighted by Gasteiger charge is 2.29. The van der Waals surface area contributed by atoms with Gasteiger partial charge in [-0.15, -0.1) is 0 Å². The Labute approximate surface area is 179 Å². The van der Waals surface area contributed by atoms with E-state index >= 15 is 0 Å². The van der Waals surface area contributed by atoms with Crippen molar-refractivity contribution in [3.05, 3.63) is 60.7 Å². The van der Waals surface area contributed by atoms with Crippen LogP contribution in [-0.2, 0) is 0 Å². The lowest BCUT2D eigenvalue weighted by Gasteiger charge is -2.20. The van der Waals surface area contributed by atoms with Crippen LogP contribution in [0.1, 0.15) is 18.4 Å². The molecule has 0 radical (unpaired) electrons. The smallest absolute Gasteiger partial charge is 0.166 e. The Kier molecular flexibility index (Phi) is 4.46. The third kappa shape index (κ3) is 3.21. The molecular formula is C23H21N7O. The van der Waals surface area contributed by atoms with Gasteiger partial charge in [0, 0.05) is 23.4 Å². The average molecular weight is 411 g/mol.